The molecule has 0 radical (unpaired) electrons. The van der Waals surface area contributed by atoms with Crippen molar-refractivity contribution in [3.63, 3.8) is 0 Å². The second-order valence-corrected chi connectivity index (χ2v) is 12.1. The normalized spacial score (nSPS) is 16.5. The number of anilines is 1. The first-order valence-corrected chi connectivity index (χ1v) is 12.7. The van der Waals surface area contributed by atoms with Gasteiger partial charge in [-0.25, -0.2) is 13.4 Å². The minimum atomic E-state index is -3.55. The van der Waals surface area contributed by atoms with Crippen molar-refractivity contribution in [2.75, 3.05) is 18.4 Å². The van der Waals surface area contributed by atoms with E-state index in [9.17, 15) is 13.2 Å². The third-order valence-corrected chi connectivity index (χ3v) is 9.74. The molecule has 0 unspecified atom stereocenters. The summed E-state index contributed by atoms with van der Waals surface area (Å²) >= 11 is 11.8. The maximum absolute atomic E-state index is 12.7. The fourth-order valence-electron chi connectivity index (χ4n) is 3.10. The number of amides is 1. The number of piperidine rings is 1. The van der Waals surface area contributed by atoms with Crippen LogP contribution in [0.1, 0.15) is 12.8 Å². The molecule has 0 aliphatic carbocycles. The fourth-order valence-corrected chi connectivity index (χ4v) is 7.69. The summed E-state index contributed by atoms with van der Waals surface area (Å²) in [6.45, 7) is 0.614. The monoisotopic (exact) mass is 519 g/mol. The number of nitrogens with one attached hydrogen (secondary N) is 1. The number of carbonyl (C=O) groups is 1. The quantitative estimate of drug-likeness (QED) is 0.535. The zero-order chi connectivity index (χ0) is 19.9. The maximum atomic E-state index is 12.7. The molecular weight excluding hydrogens is 506 g/mol. The van der Waals surface area contributed by atoms with E-state index < -0.39 is 10.0 Å². The predicted molar refractivity (Wildman–Crippen MR) is 117 cm³/mol. The van der Waals surface area contributed by atoms with E-state index in [0.29, 0.717) is 35.4 Å². The lowest BCUT2D eigenvalue weighted by atomic mass is 9.97. The summed E-state index contributed by atoms with van der Waals surface area (Å²) < 4.78 is 29.3. The molecule has 1 aliphatic heterocycles. The van der Waals surface area contributed by atoms with Crippen molar-refractivity contribution >= 4 is 81.5 Å². The number of halogens is 2. The Bertz CT molecular complexity index is 1140. The van der Waals surface area contributed by atoms with Crippen LogP contribution in [-0.2, 0) is 14.8 Å². The van der Waals surface area contributed by atoms with Gasteiger partial charge >= 0.3 is 0 Å². The molecule has 1 N–H and O–H groups in total. The molecule has 0 atom stereocenters. The van der Waals surface area contributed by atoms with Crippen molar-refractivity contribution in [1.29, 1.82) is 0 Å². The van der Waals surface area contributed by atoms with Gasteiger partial charge in [-0.15, -0.1) is 11.3 Å². The summed E-state index contributed by atoms with van der Waals surface area (Å²) in [4.78, 5) is 17.1. The minimum absolute atomic E-state index is 0.119. The van der Waals surface area contributed by atoms with E-state index in [-0.39, 0.29) is 16.0 Å². The Kier molecular flexibility index (Phi) is 5.78. The lowest BCUT2D eigenvalue weighted by Gasteiger charge is -2.29. The molecule has 1 aromatic carbocycles. The van der Waals surface area contributed by atoms with Gasteiger partial charge in [0.2, 0.25) is 5.91 Å². The van der Waals surface area contributed by atoms with Gasteiger partial charge < -0.3 is 5.32 Å². The van der Waals surface area contributed by atoms with Crippen molar-refractivity contribution in [1.82, 2.24) is 9.29 Å². The Hall–Kier alpha value is -1.04. The first kappa shape index (κ1) is 20.2. The summed E-state index contributed by atoms with van der Waals surface area (Å²) in [6.07, 6.45) is 0.942. The number of benzene rings is 1. The summed E-state index contributed by atoms with van der Waals surface area (Å²) in [5.41, 5.74) is 0.818. The van der Waals surface area contributed by atoms with Crippen LogP contribution in [0, 0.1) is 5.92 Å². The highest BCUT2D eigenvalue weighted by Crippen LogP contribution is 2.33. The molecule has 0 bridgehead atoms. The number of thiazole rings is 1. The number of hydrogen-bond donors (Lipinski definition) is 1. The Morgan fingerprint density at radius 1 is 1.21 bits per heavy atom. The summed E-state index contributed by atoms with van der Waals surface area (Å²) in [5, 5.41) is 3.43. The van der Waals surface area contributed by atoms with E-state index in [2.05, 4.69) is 26.2 Å². The molecule has 11 heteroatoms. The van der Waals surface area contributed by atoms with Crippen LogP contribution in [0.15, 0.2) is 39.0 Å². The summed E-state index contributed by atoms with van der Waals surface area (Å²) in [6, 6.07) is 8.88. The van der Waals surface area contributed by atoms with Crippen LogP contribution in [0.25, 0.3) is 10.2 Å². The van der Waals surface area contributed by atoms with Gasteiger partial charge in [-0.3, -0.25) is 4.79 Å². The molecule has 148 valence electrons. The van der Waals surface area contributed by atoms with Crippen LogP contribution in [-0.4, -0.2) is 36.7 Å². The molecule has 6 nitrogen and oxygen atoms in total. The molecule has 0 saturated carbocycles. The van der Waals surface area contributed by atoms with Gasteiger partial charge in [-0.05, 0) is 53.0 Å². The van der Waals surface area contributed by atoms with Gasteiger partial charge in [-0.2, -0.15) is 4.31 Å². The number of rotatable bonds is 4. The number of para-hydroxylation sites is 1. The van der Waals surface area contributed by atoms with Gasteiger partial charge in [0, 0.05) is 23.5 Å². The van der Waals surface area contributed by atoms with Gasteiger partial charge in [0.15, 0.2) is 5.13 Å². The highest BCUT2D eigenvalue weighted by atomic mass is 79.9. The van der Waals surface area contributed by atoms with E-state index in [4.69, 9.17) is 11.6 Å². The number of nitrogens with zero attached hydrogens (tertiary/aromatic N) is 2. The molecule has 4 rings (SSSR count). The topological polar surface area (TPSA) is 79.4 Å². The van der Waals surface area contributed by atoms with Crippen molar-refractivity contribution < 1.29 is 13.2 Å². The lowest BCUT2D eigenvalue weighted by Crippen LogP contribution is -2.41. The Balaban J connectivity index is 1.40. The van der Waals surface area contributed by atoms with Crippen LogP contribution in [0.3, 0.4) is 0 Å². The Morgan fingerprint density at radius 3 is 2.61 bits per heavy atom. The molecule has 0 spiro atoms. The number of thiophene rings is 1. The molecular formula is C17H15BrClN3O3S3. The van der Waals surface area contributed by atoms with Crippen LogP contribution in [0.5, 0.6) is 0 Å². The second-order valence-electron chi connectivity index (χ2n) is 6.33. The average molecular weight is 521 g/mol. The largest absolute Gasteiger partial charge is 0.302 e. The van der Waals surface area contributed by atoms with Gasteiger partial charge in [-0.1, -0.05) is 29.0 Å². The van der Waals surface area contributed by atoms with Crippen molar-refractivity contribution in [2.45, 2.75) is 17.1 Å². The SMILES string of the molecule is O=C(Nc1nc2c(Br)cccc2s1)C1CCN(S(=O)(=O)c2ccc(Cl)s2)CC1. The molecule has 2 aromatic heterocycles. The first-order valence-electron chi connectivity index (χ1n) is 8.46. The number of fused-ring (bicyclic) bond motifs is 1. The molecule has 3 aromatic rings. The summed E-state index contributed by atoms with van der Waals surface area (Å²) in [7, 11) is -3.55. The Labute approximate surface area is 183 Å². The van der Waals surface area contributed by atoms with E-state index >= 15 is 0 Å². The number of carbonyl (C=O) groups excluding carboxylic acids is 1. The van der Waals surface area contributed by atoms with Gasteiger partial charge in [0.05, 0.1) is 14.6 Å². The van der Waals surface area contributed by atoms with Gasteiger partial charge in [0.25, 0.3) is 10.0 Å². The number of aromatic nitrogens is 1. The zero-order valence-corrected chi connectivity index (χ0v) is 19.2. The fraction of sp³-hybridized carbons (Fsp3) is 0.294. The van der Waals surface area contributed by atoms with E-state index in [1.54, 1.807) is 6.07 Å². The number of sulfonamides is 1. The average Bonchev–Trinajstić information content (AvgIpc) is 3.29. The lowest BCUT2D eigenvalue weighted by molar-refractivity contribution is -0.120. The minimum Gasteiger partial charge on any atom is -0.302 e. The zero-order valence-electron chi connectivity index (χ0n) is 14.4. The number of hydrogen-bond acceptors (Lipinski definition) is 6. The molecule has 3 heterocycles. The van der Waals surface area contributed by atoms with Crippen LogP contribution < -0.4 is 5.32 Å². The second kappa shape index (κ2) is 8.00. The smallest absolute Gasteiger partial charge is 0.252 e. The highest BCUT2D eigenvalue weighted by molar-refractivity contribution is 9.10. The van der Waals surface area contributed by atoms with E-state index in [1.165, 1.54) is 21.7 Å². The van der Waals surface area contributed by atoms with E-state index in [0.717, 1.165) is 26.0 Å². The molecule has 1 saturated heterocycles. The third kappa shape index (κ3) is 3.99. The predicted octanol–water partition coefficient (Wildman–Crippen LogP) is 4.81. The van der Waals surface area contributed by atoms with Crippen LogP contribution in [0.2, 0.25) is 4.34 Å². The third-order valence-electron chi connectivity index (χ3n) is 4.57. The Morgan fingerprint density at radius 2 is 1.96 bits per heavy atom. The molecule has 1 fully saturated rings. The molecule has 1 amide bonds. The van der Waals surface area contributed by atoms with Crippen LogP contribution in [0.4, 0.5) is 5.13 Å². The van der Waals surface area contributed by atoms with Crippen molar-refractivity contribution in [3.05, 3.63) is 39.1 Å². The molecule has 1 aliphatic rings. The van der Waals surface area contributed by atoms with Crippen molar-refractivity contribution in [3.8, 4) is 0 Å². The maximum Gasteiger partial charge on any atom is 0.252 e. The first-order chi connectivity index (χ1) is 13.3. The van der Waals surface area contributed by atoms with Crippen molar-refractivity contribution in [2.24, 2.45) is 5.92 Å². The van der Waals surface area contributed by atoms with Gasteiger partial charge in [0.1, 0.15) is 4.21 Å². The van der Waals surface area contributed by atoms with Crippen LogP contribution >= 0.6 is 50.2 Å². The highest BCUT2D eigenvalue weighted by Gasteiger charge is 2.33. The molecule has 28 heavy (non-hydrogen) atoms. The van der Waals surface area contributed by atoms with E-state index in [1.807, 2.05) is 18.2 Å². The summed E-state index contributed by atoms with van der Waals surface area (Å²) in [5.74, 6) is -0.361. The standard InChI is InChI=1S/C17H15BrClN3O3S3/c18-11-2-1-3-12-15(11)20-17(26-12)21-16(23)10-6-8-22(9-7-10)28(24,25)14-5-4-13(19)27-14/h1-5,10H,6-9H2,(H,20,21,23).